The van der Waals surface area contributed by atoms with E-state index in [0.717, 1.165) is 11.1 Å². The molecule has 0 saturated heterocycles. The smallest absolute Gasteiger partial charge is 0.156 e. The van der Waals surface area contributed by atoms with Crippen molar-refractivity contribution < 1.29 is 5.11 Å². The molecule has 0 aliphatic rings. The normalized spacial score (nSPS) is 10.9. The van der Waals surface area contributed by atoms with Gasteiger partial charge in [0.15, 0.2) is 5.75 Å². The second kappa shape index (κ2) is 3.99. The van der Waals surface area contributed by atoms with Gasteiger partial charge in [-0.1, -0.05) is 0 Å². The summed E-state index contributed by atoms with van der Waals surface area (Å²) < 4.78 is 2.41. The van der Waals surface area contributed by atoms with Gasteiger partial charge >= 0.3 is 0 Å². The van der Waals surface area contributed by atoms with E-state index >= 15 is 0 Å². The molecule has 3 aromatic rings. The van der Waals surface area contributed by atoms with Gasteiger partial charge in [0, 0.05) is 23.8 Å². The number of nitrogen functional groups attached to an aromatic ring is 1. The number of benzene rings is 1. The maximum atomic E-state index is 10.0. The van der Waals surface area contributed by atoms with E-state index in [4.69, 9.17) is 5.73 Å². The van der Waals surface area contributed by atoms with E-state index in [1.807, 2.05) is 16.8 Å². The molecule has 0 fully saturated rings. The number of fused-ring (bicyclic) bond motifs is 1. The van der Waals surface area contributed by atoms with E-state index in [9.17, 15) is 5.11 Å². The van der Waals surface area contributed by atoms with Crippen molar-refractivity contribution in [2.24, 2.45) is 0 Å². The van der Waals surface area contributed by atoms with Gasteiger partial charge in [-0.25, -0.2) is 9.97 Å². The number of nitrogens with zero attached hydrogens (tertiary/aromatic N) is 3. The number of aromatic hydroxyl groups is 1. The number of nitrogens with two attached hydrogens (primary N) is 1. The van der Waals surface area contributed by atoms with Crippen molar-refractivity contribution in [1.82, 2.24) is 14.5 Å². The summed E-state index contributed by atoms with van der Waals surface area (Å²) in [5.41, 5.74) is 7.08. The zero-order chi connectivity index (χ0) is 12.7. The van der Waals surface area contributed by atoms with Crippen LogP contribution in [0.25, 0.3) is 16.6 Å². The first kappa shape index (κ1) is 11.0. The first-order chi connectivity index (χ1) is 8.66. The average Bonchev–Trinajstić information content (AvgIpc) is 2.87. The summed E-state index contributed by atoms with van der Waals surface area (Å²) in [6.07, 6.45) is 5.17. The Kier molecular flexibility index (Phi) is 2.45. The Hall–Kier alpha value is -2.08. The van der Waals surface area contributed by atoms with Crippen molar-refractivity contribution in [2.45, 2.75) is 0 Å². The molecule has 3 rings (SSSR count). The van der Waals surface area contributed by atoms with Crippen molar-refractivity contribution >= 4 is 32.7 Å². The predicted molar refractivity (Wildman–Crippen MR) is 72.6 cm³/mol. The minimum Gasteiger partial charge on any atom is -0.505 e. The number of phenols is 1. The third kappa shape index (κ3) is 1.62. The number of imidazole rings is 1. The molecule has 0 bridgehead atoms. The lowest BCUT2D eigenvalue weighted by Gasteiger charge is -2.10. The Balaban J connectivity index is 2.43. The van der Waals surface area contributed by atoms with Crippen LogP contribution in [0.5, 0.6) is 5.75 Å². The summed E-state index contributed by atoms with van der Waals surface area (Å²) in [4.78, 5) is 8.18. The second-order valence-corrected chi connectivity index (χ2v) is 4.68. The van der Waals surface area contributed by atoms with Crippen molar-refractivity contribution in [2.75, 3.05) is 5.73 Å². The summed E-state index contributed by atoms with van der Waals surface area (Å²) in [6.45, 7) is 0. The van der Waals surface area contributed by atoms with Crippen molar-refractivity contribution in [1.29, 1.82) is 0 Å². The quantitative estimate of drug-likeness (QED) is 0.724. The highest BCUT2D eigenvalue weighted by Gasteiger charge is 2.11. The molecule has 0 unspecified atom stereocenters. The number of pyridine rings is 1. The first-order valence-corrected chi connectivity index (χ1v) is 6.02. The second-order valence-electron chi connectivity index (χ2n) is 3.83. The fourth-order valence-corrected chi connectivity index (χ4v) is 2.19. The third-order valence-corrected chi connectivity index (χ3v) is 3.33. The minimum atomic E-state index is 0.0844. The van der Waals surface area contributed by atoms with Crippen LogP contribution in [0.3, 0.4) is 0 Å². The highest BCUT2D eigenvalue weighted by atomic mass is 79.9. The van der Waals surface area contributed by atoms with Crippen LogP contribution in [-0.4, -0.2) is 19.6 Å². The fourth-order valence-electron chi connectivity index (χ4n) is 1.87. The number of halogens is 1. The fraction of sp³-hybridized carbons (Fsp3) is 0. The summed E-state index contributed by atoms with van der Waals surface area (Å²) in [6, 6.07) is 5.40. The van der Waals surface area contributed by atoms with Gasteiger partial charge in [-0.05, 0) is 28.1 Å². The molecule has 3 N–H and O–H groups in total. The largest absolute Gasteiger partial charge is 0.505 e. The number of hydrogen-bond donors (Lipinski definition) is 2. The van der Waals surface area contributed by atoms with Gasteiger partial charge in [-0.3, -0.25) is 0 Å². The summed E-state index contributed by atoms with van der Waals surface area (Å²) >= 11 is 3.26. The molecular weight excluding hydrogens is 296 g/mol. The van der Waals surface area contributed by atoms with Crippen LogP contribution >= 0.6 is 15.9 Å². The topological polar surface area (TPSA) is 77.0 Å². The number of aromatic nitrogens is 3. The van der Waals surface area contributed by atoms with Crippen LogP contribution in [0.2, 0.25) is 0 Å². The Morgan fingerprint density at radius 1 is 1.33 bits per heavy atom. The summed E-state index contributed by atoms with van der Waals surface area (Å²) in [5, 5.41) is 10.8. The molecule has 2 heterocycles. The third-order valence-electron chi connectivity index (χ3n) is 2.69. The molecule has 0 amide bonds. The van der Waals surface area contributed by atoms with Gasteiger partial charge < -0.3 is 15.4 Å². The van der Waals surface area contributed by atoms with Gasteiger partial charge in [0.1, 0.15) is 11.3 Å². The summed E-state index contributed by atoms with van der Waals surface area (Å²) in [5.74, 6) is 0.431. The highest BCUT2D eigenvalue weighted by Crippen LogP contribution is 2.34. The van der Waals surface area contributed by atoms with E-state index < -0.39 is 0 Å². The number of anilines is 1. The van der Waals surface area contributed by atoms with E-state index in [-0.39, 0.29) is 5.75 Å². The Morgan fingerprint density at radius 2 is 2.17 bits per heavy atom. The molecule has 6 heteroatoms. The SMILES string of the molecule is Nc1cc(-n2ccnc2)c2ccc(Br)c(O)c2n1. The van der Waals surface area contributed by atoms with Crippen LogP contribution in [-0.2, 0) is 0 Å². The lowest BCUT2D eigenvalue weighted by molar-refractivity contribution is 0.477. The van der Waals surface area contributed by atoms with Gasteiger partial charge in [0.05, 0.1) is 16.5 Å². The standard InChI is InChI=1S/C12H9BrN4O/c13-8-2-1-7-9(17-4-3-15-6-17)5-10(14)16-11(7)12(8)18/h1-6,18H,(H2,14,16). The van der Waals surface area contributed by atoms with Crippen LogP contribution in [0.1, 0.15) is 0 Å². The van der Waals surface area contributed by atoms with E-state index in [1.54, 1.807) is 24.7 Å². The number of phenolic OH excluding ortho intramolecular Hbond substituents is 1. The zero-order valence-corrected chi connectivity index (χ0v) is 10.8. The zero-order valence-electron chi connectivity index (χ0n) is 9.21. The maximum Gasteiger partial charge on any atom is 0.156 e. The molecule has 0 atom stereocenters. The first-order valence-electron chi connectivity index (χ1n) is 5.23. The Labute approximate surface area is 111 Å². The Morgan fingerprint density at radius 3 is 2.89 bits per heavy atom. The van der Waals surface area contributed by atoms with Crippen LogP contribution < -0.4 is 5.73 Å². The van der Waals surface area contributed by atoms with Crippen LogP contribution in [0, 0.1) is 0 Å². The van der Waals surface area contributed by atoms with Gasteiger partial charge in [0.25, 0.3) is 0 Å². The molecule has 0 aliphatic carbocycles. The molecule has 2 aromatic heterocycles. The van der Waals surface area contributed by atoms with Crippen molar-refractivity contribution in [3.8, 4) is 11.4 Å². The Bertz CT molecular complexity index is 725. The van der Waals surface area contributed by atoms with Crippen LogP contribution in [0.15, 0.2) is 41.4 Å². The lowest BCUT2D eigenvalue weighted by Crippen LogP contribution is -1.98. The van der Waals surface area contributed by atoms with Gasteiger partial charge in [-0.15, -0.1) is 0 Å². The predicted octanol–water partition coefficient (Wildman–Crippen LogP) is 2.47. The average molecular weight is 305 g/mol. The van der Waals surface area contributed by atoms with Crippen LogP contribution in [0.4, 0.5) is 5.82 Å². The minimum absolute atomic E-state index is 0.0844. The molecule has 0 aliphatic heterocycles. The highest BCUT2D eigenvalue weighted by molar-refractivity contribution is 9.10. The van der Waals surface area contributed by atoms with E-state index in [0.29, 0.717) is 15.8 Å². The molecular formula is C12H9BrN4O. The van der Waals surface area contributed by atoms with Gasteiger partial charge in [0.2, 0.25) is 0 Å². The van der Waals surface area contributed by atoms with Gasteiger partial charge in [-0.2, -0.15) is 0 Å². The molecule has 18 heavy (non-hydrogen) atoms. The van der Waals surface area contributed by atoms with E-state index in [1.165, 1.54) is 0 Å². The monoisotopic (exact) mass is 304 g/mol. The molecule has 0 saturated carbocycles. The summed E-state index contributed by atoms with van der Waals surface area (Å²) in [7, 11) is 0. The number of rotatable bonds is 1. The molecule has 5 nitrogen and oxygen atoms in total. The maximum absolute atomic E-state index is 10.0. The lowest BCUT2D eigenvalue weighted by atomic mass is 10.1. The van der Waals surface area contributed by atoms with E-state index in [2.05, 4.69) is 25.9 Å². The van der Waals surface area contributed by atoms with Crippen molar-refractivity contribution in [3.05, 3.63) is 41.4 Å². The molecule has 90 valence electrons. The number of hydrogen-bond acceptors (Lipinski definition) is 4. The molecule has 0 radical (unpaired) electrons. The molecule has 1 aromatic carbocycles. The molecule has 0 spiro atoms. The van der Waals surface area contributed by atoms with Crippen molar-refractivity contribution in [3.63, 3.8) is 0 Å².